The van der Waals surface area contributed by atoms with Crippen LogP contribution in [0.5, 0.6) is 0 Å². The second kappa shape index (κ2) is 38.5. The van der Waals surface area contributed by atoms with Gasteiger partial charge in [0.2, 0.25) is 0 Å². The maximum atomic E-state index is 12.8. The number of carbonyl (C=O) groups is 10. The first-order chi connectivity index (χ1) is 56.4. The van der Waals surface area contributed by atoms with E-state index in [1.54, 1.807) is 0 Å². The molecule has 50 atom stereocenters. The van der Waals surface area contributed by atoms with Gasteiger partial charge in [-0.05, 0) is 0 Å². The van der Waals surface area contributed by atoms with Crippen molar-refractivity contribution >= 4 is 59.7 Å². The van der Waals surface area contributed by atoms with Crippen LogP contribution in [0, 0.1) is 0 Å². The third-order valence-electron chi connectivity index (χ3n) is 20.5. The zero-order valence-electron chi connectivity index (χ0n) is 60.0. The van der Waals surface area contributed by atoms with E-state index >= 15 is 0 Å². The summed E-state index contributed by atoms with van der Waals surface area (Å²) in [5.74, 6) is -21.6. The molecule has 0 radical (unpaired) electrons. The molecular formula is C60H82O61. The predicted octanol–water partition coefficient (Wildman–Crippen LogP) is -21.9. The molecule has 10 heterocycles. The lowest BCUT2D eigenvalue weighted by Gasteiger charge is -2.49. The van der Waals surface area contributed by atoms with Gasteiger partial charge in [-0.15, -0.1) is 0 Å². The predicted molar refractivity (Wildman–Crippen MR) is 335 cm³/mol. The largest absolute Gasteiger partial charge is 0.479 e. The van der Waals surface area contributed by atoms with E-state index in [9.17, 15) is 211 Å². The van der Waals surface area contributed by atoms with Crippen LogP contribution in [0.4, 0.5) is 0 Å². The summed E-state index contributed by atoms with van der Waals surface area (Å²) in [5.41, 5.74) is 0. The summed E-state index contributed by atoms with van der Waals surface area (Å²) in [4.78, 5) is 125. The highest BCUT2D eigenvalue weighted by molar-refractivity contribution is 5.77. The Labute approximate surface area is 666 Å². The van der Waals surface area contributed by atoms with E-state index in [0.717, 1.165) is 0 Å². The van der Waals surface area contributed by atoms with E-state index in [1.807, 2.05) is 0 Å². The number of carboxylic acid groups (broad SMARTS) is 10. The minimum absolute atomic E-state index is 1.94. The monoisotopic (exact) mass is 1780 g/mol. The average molecular weight is 1780 g/mol. The topological polar surface area (TPSA) is 993 Å². The second-order valence-corrected chi connectivity index (χ2v) is 28.4. The molecule has 0 amide bonds. The number of ether oxygens (including phenoxy) is 19. The van der Waals surface area contributed by atoms with Crippen molar-refractivity contribution in [1.29, 1.82) is 0 Å². The Kier molecular flexibility index (Phi) is 30.6. The van der Waals surface area contributed by atoms with Crippen molar-refractivity contribution in [3.05, 3.63) is 0 Å². The lowest BCUT2D eigenvalue weighted by Crippen LogP contribution is -2.69. The Morgan fingerprint density at radius 3 is 0.397 bits per heavy atom. The zero-order valence-corrected chi connectivity index (χ0v) is 60.0. The fourth-order valence-electron chi connectivity index (χ4n) is 14.2. The molecule has 61 heteroatoms. The third kappa shape index (κ3) is 19.3. The van der Waals surface area contributed by atoms with E-state index in [0.29, 0.717) is 0 Å². The van der Waals surface area contributed by atoms with Gasteiger partial charge in [-0.3, -0.25) is 0 Å². The maximum Gasteiger partial charge on any atom is 0.335 e. The molecule has 61 nitrogen and oxygen atoms in total. The molecule has 32 N–H and O–H groups in total. The quantitative estimate of drug-likeness (QED) is 0.0346. The smallest absolute Gasteiger partial charge is 0.335 e. The summed E-state index contributed by atoms with van der Waals surface area (Å²) in [6.07, 6.45) is -132. The second-order valence-electron chi connectivity index (χ2n) is 28.4. The van der Waals surface area contributed by atoms with Crippen molar-refractivity contribution in [2.24, 2.45) is 0 Å². The normalized spacial score (nSPS) is 49.9. The Balaban J connectivity index is 0.752. The lowest BCUT2D eigenvalue weighted by atomic mass is 9.94. The van der Waals surface area contributed by atoms with Crippen LogP contribution in [0.25, 0.3) is 0 Å². The van der Waals surface area contributed by atoms with E-state index in [1.165, 1.54) is 0 Å². The highest BCUT2D eigenvalue weighted by Crippen LogP contribution is 2.41. The van der Waals surface area contributed by atoms with Gasteiger partial charge in [-0.1, -0.05) is 0 Å². The van der Waals surface area contributed by atoms with Gasteiger partial charge in [0, 0.05) is 0 Å². The minimum Gasteiger partial charge on any atom is -0.479 e. The minimum atomic E-state index is -2.84. The van der Waals surface area contributed by atoms with Crippen LogP contribution in [-0.4, -0.2) is 530 Å². The summed E-state index contributed by atoms with van der Waals surface area (Å²) in [5, 5.41) is 341. The van der Waals surface area contributed by atoms with Crippen LogP contribution in [0.15, 0.2) is 0 Å². The molecule has 10 aliphatic heterocycles. The molecule has 0 aromatic carbocycles. The van der Waals surface area contributed by atoms with Gasteiger partial charge in [0.15, 0.2) is 124 Å². The first-order valence-electron chi connectivity index (χ1n) is 35.1. The molecular weight excluding hydrogens is 1700 g/mol. The first kappa shape index (κ1) is 96.3. The van der Waals surface area contributed by atoms with Gasteiger partial charge in [-0.25, -0.2) is 47.9 Å². The Hall–Kier alpha value is -6.94. The molecule has 121 heavy (non-hydrogen) atoms. The van der Waals surface area contributed by atoms with E-state index in [4.69, 9.17) is 85.3 Å². The van der Waals surface area contributed by atoms with Gasteiger partial charge in [0.05, 0.1) is 0 Å². The Morgan fingerprint density at radius 1 is 0.140 bits per heavy atom. The van der Waals surface area contributed by atoms with Crippen molar-refractivity contribution in [3.63, 3.8) is 0 Å². The molecule has 0 bridgehead atoms. The number of hydrogen-bond donors (Lipinski definition) is 32. The molecule has 10 aliphatic rings. The molecule has 0 unspecified atom stereocenters. The van der Waals surface area contributed by atoms with Gasteiger partial charge in [0.1, 0.15) is 183 Å². The van der Waals surface area contributed by atoms with Crippen molar-refractivity contribution < 1.29 is 301 Å². The van der Waals surface area contributed by atoms with Crippen molar-refractivity contribution in [1.82, 2.24) is 0 Å². The van der Waals surface area contributed by atoms with Crippen LogP contribution >= 0.6 is 0 Å². The molecule has 688 valence electrons. The number of aliphatic carboxylic acids is 10. The Bertz CT molecular complexity index is 3640. The summed E-state index contributed by atoms with van der Waals surface area (Å²) in [6, 6.07) is 0. The van der Waals surface area contributed by atoms with E-state index in [2.05, 4.69) is 4.74 Å². The van der Waals surface area contributed by atoms with Crippen molar-refractivity contribution in [2.75, 3.05) is 0 Å². The summed E-state index contributed by atoms with van der Waals surface area (Å²) in [7, 11) is 0. The van der Waals surface area contributed by atoms with Crippen LogP contribution in [0.2, 0.25) is 0 Å². The van der Waals surface area contributed by atoms with E-state index in [-0.39, 0.29) is 0 Å². The zero-order chi connectivity index (χ0) is 90.1. The summed E-state index contributed by atoms with van der Waals surface area (Å²) < 4.78 is 99.0. The molecule has 0 aromatic heterocycles. The molecule has 0 aliphatic carbocycles. The highest BCUT2D eigenvalue weighted by atomic mass is 16.8. The van der Waals surface area contributed by atoms with Crippen molar-refractivity contribution in [3.8, 4) is 0 Å². The van der Waals surface area contributed by atoms with Gasteiger partial charge < -0.3 is 253 Å². The SMILES string of the molecule is O=C(O)[C@H]1O[C@H](O[C@@H]2[C@H](O)[C@@H](O)[C@@H](O[C@@H]3[C@H](O)[C@@H](O)[C@@H](O[C@@H]4[C@H](O)[C@@H](O)[C@@H](O[C@@H]5[C@H](O)[C@@H](O)[C@@H](O[C@@H]6[C@H](O)[C@@H](O)[C@@H](O[C@@H]7[C@H](O)[C@@H](O)[C@@H](O[C@@H]8[C@H](O)[C@@H](O)[C@@H](O[C@@H]9[C@H](O)[C@@H](O)[C@@H](O[C@@H]%10[C@H](O)[C@@H](O)[C@H](O)O[C@@H]%10C(=O)O)O[C@@H]9C(=O)O)O[C@@H]8C(=O)O)O[C@@H]7C(=O)O)O[C@@H]6C(=O)O)O[C@@H]5C(=O)O)O[C@@H]4C(=O)O)O[C@@H]3C(=O)O)O[C@@H]2C(=O)O)[C@H](O)[C@@H](O)[C@H]1O. The van der Waals surface area contributed by atoms with Gasteiger partial charge in [0.25, 0.3) is 0 Å². The van der Waals surface area contributed by atoms with Crippen LogP contribution < -0.4 is 0 Å². The first-order valence-corrected chi connectivity index (χ1v) is 35.1. The maximum absolute atomic E-state index is 12.8. The number of rotatable bonds is 28. The average Bonchev–Trinajstić information content (AvgIpc) is 0.764. The van der Waals surface area contributed by atoms with Crippen molar-refractivity contribution in [2.45, 2.75) is 307 Å². The van der Waals surface area contributed by atoms with Crippen LogP contribution in [0.3, 0.4) is 0 Å². The molecule has 10 fully saturated rings. The third-order valence-corrected chi connectivity index (χ3v) is 20.5. The van der Waals surface area contributed by atoms with Gasteiger partial charge in [-0.2, -0.15) is 0 Å². The summed E-state index contributed by atoms with van der Waals surface area (Å²) >= 11 is 0. The fraction of sp³-hybridized carbons (Fsp3) is 0.833. The number of carboxylic acids is 10. The van der Waals surface area contributed by atoms with Crippen LogP contribution in [-0.2, 0) is 138 Å². The molecule has 0 saturated carbocycles. The fourth-order valence-corrected chi connectivity index (χ4v) is 14.2. The Morgan fingerprint density at radius 2 is 0.256 bits per heavy atom. The standard InChI is InChI=1S/C60H82O61/c61-1-2(62)31(41(82)83)113-52(13(1)73)105-23-4(64)15(75)54(115-33(23)43(86)87)107-25-6(66)17(77)56(117-35(25)45(90)91)109-27-8(68)19(79)58(119-37(27)47(94)95)111-29-10(70)21(81)60(121-39(29)49(98)99)112-30-11(71)20(80)59(120-40(30)50(100)101)110-28-9(69)18(78)57(118-38(28)48(96)97)108-26-7(67)16(76)55(116-36(26)46(92)93)106-24-5(65)14(74)53(114-34(24)44(88)89)104-22-3(63)12(72)51(102)103-32(22)42(84)85/h1-40,51-81,102H,(H,82,83)(H,84,85)(H,86,87)(H,88,89)(H,90,91)(H,92,93)(H,94,95)(H,96,97)(H,98,99)(H,100,101)/t1-,2+,3+,4+,5+,6+,7+,8+,9+,10+,11+,12+,13+,14+,15+,16+,17+,18+,19+,20+,21+,22+,23+,24+,25+,26+,27+,28+,29+,30+,31-,32-,33-,34-,35-,36-,37-,38-,39-,40-,51+,52-,53-,54-,55-,56-,57-,58-,59-,60-/m0/s1. The highest BCUT2D eigenvalue weighted by Gasteiger charge is 2.65. The molecule has 0 aromatic rings. The number of aliphatic hydroxyl groups excluding tert-OH is 22. The van der Waals surface area contributed by atoms with Crippen LogP contribution in [0.1, 0.15) is 0 Å². The van der Waals surface area contributed by atoms with E-state index < -0.39 is 367 Å². The number of aliphatic hydroxyl groups is 22. The van der Waals surface area contributed by atoms with Gasteiger partial charge >= 0.3 is 59.7 Å². The lowest BCUT2D eigenvalue weighted by molar-refractivity contribution is -0.391. The summed E-state index contributed by atoms with van der Waals surface area (Å²) in [6.45, 7) is 0. The molecule has 10 saturated heterocycles. The molecule has 10 rings (SSSR count). The molecule has 0 spiro atoms. The number of hydrogen-bond acceptors (Lipinski definition) is 51.